The van der Waals surface area contributed by atoms with E-state index in [-0.39, 0.29) is 29.4 Å². The molecule has 1 atom stereocenters. The summed E-state index contributed by atoms with van der Waals surface area (Å²) in [5, 5.41) is 20.8. The molecule has 0 bridgehead atoms. The minimum atomic E-state index is -0.884. The van der Waals surface area contributed by atoms with Crippen LogP contribution < -0.4 is 4.74 Å². The van der Waals surface area contributed by atoms with Crippen molar-refractivity contribution in [2.75, 3.05) is 6.61 Å². The summed E-state index contributed by atoms with van der Waals surface area (Å²) in [6.07, 6.45) is 1.35. The molecule has 1 amide bonds. The van der Waals surface area contributed by atoms with Crippen LogP contribution in [0.4, 0.5) is 0 Å². The number of aliphatic hydroxyl groups excluding tert-OH is 1. The monoisotopic (exact) mass is 419 g/mol. The predicted molar refractivity (Wildman–Crippen MR) is 112 cm³/mol. The molecule has 1 aromatic heterocycles. The Morgan fingerprint density at radius 3 is 2.55 bits per heavy atom. The van der Waals surface area contributed by atoms with E-state index < -0.39 is 23.5 Å². The smallest absolute Gasteiger partial charge is 0.290 e. The van der Waals surface area contributed by atoms with E-state index in [2.05, 4.69) is 0 Å². The Bertz CT molecular complexity index is 1130. The summed E-state index contributed by atoms with van der Waals surface area (Å²) < 4.78 is 10.7. The summed E-state index contributed by atoms with van der Waals surface area (Å²) >= 11 is 0. The maximum absolute atomic E-state index is 13.2. The van der Waals surface area contributed by atoms with Gasteiger partial charge in [0, 0.05) is 6.54 Å². The lowest BCUT2D eigenvalue weighted by Crippen LogP contribution is -2.30. The van der Waals surface area contributed by atoms with Crippen molar-refractivity contribution in [2.24, 2.45) is 0 Å². The van der Waals surface area contributed by atoms with Crippen molar-refractivity contribution >= 4 is 11.7 Å². The summed E-state index contributed by atoms with van der Waals surface area (Å²) in [7, 11) is 0. The number of furan rings is 1. The maximum atomic E-state index is 13.2. The van der Waals surface area contributed by atoms with E-state index in [1.165, 1.54) is 23.3 Å². The highest BCUT2D eigenvalue weighted by Crippen LogP contribution is 2.42. The number of aliphatic hydroxyl groups is 1. The minimum absolute atomic E-state index is 0.0183. The highest BCUT2D eigenvalue weighted by atomic mass is 16.5. The van der Waals surface area contributed by atoms with Crippen LogP contribution in [0.15, 0.2) is 82.7 Å². The van der Waals surface area contributed by atoms with Gasteiger partial charge in [-0.3, -0.25) is 9.59 Å². The van der Waals surface area contributed by atoms with Crippen LogP contribution in [-0.2, 0) is 11.3 Å². The zero-order valence-electron chi connectivity index (χ0n) is 16.8. The average molecular weight is 419 g/mol. The SMILES string of the molecule is CCOc1cc([C@@H]2C(C(=O)c3ccco3)=C(O)C(=O)N2Cc2ccccc2)ccc1O. The van der Waals surface area contributed by atoms with Crippen LogP contribution in [0.5, 0.6) is 11.5 Å². The molecule has 2 N–H and O–H groups in total. The number of ketones is 1. The summed E-state index contributed by atoms with van der Waals surface area (Å²) in [6, 6.07) is 16.0. The van der Waals surface area contributed by atoms with Crippen LogP contribution in [-0.4, -0.2) is 33.4 Å². The fraction of sp³-hybridized carbons (Fsp3) is 0.167. The fourth-order valence-corrected chi connectivity index (χ4v) is 3.69. The van der Waals surface area contributed by atoms with Crippen molar-refractivity contribution < 1.29 is 29.0 Å². The molecule has 158 valence electrons. The van der Waals surface area contributed by atoms with E-state index in [0.717, 1.165) is 5.56 Å². The molecule has 31 heavy (non-hydrogen) atoms. The number of hydrogen-bond acceptors (Lipinski definition) is 6. The lowest BCUT2D eigenvalue weighted by Gasteiger charge is -2.27. The number of Topliss-reactive ketones (excluding diaryl/α,β-unsaturated/α-hetero) is 1. The van der Waals surface area contributed by atoms with Crippen molar-refractivity contribution in [1.82, 2.24) is 4.90 Å². The Hall–Kier alpha value is -4.00. The molecule has 1 aliphatic rings. The van der Waals surface area contributed by atoms with Gasteiger partial charge in [0.1, 0.15) is 0 Å². The molecule has 0 aliphatic carbocycles. The molecule has 0 saturated carbocycles. The average Bonchev–Trinajstić information content (AvgIpc) is 3.39. The van der Waals surface area contributed by atoms with Gasteiger partial charge in [-0.15, -0.1) is 0 Å². The van der Waals surface area contributed by atoms with Crippen molar-refractivity contribution in [3.63, 3.8) is 0 Å². The number of carbonyl (C=O) groups excluding carboxylic acids is 2. The van der Waals surface area contributed by atoms with Crippen LogP contribution in [0.25, 0.3) is 0 Å². The van der Waals surface area contributed by atoms with E-state index in [1.807, 2.05) is 30.3 Å². The van der Waals surface area contributed by atoms with Gasteiger partial charge >= 0.3 is 0 Å². The van der Waals surface area contributed by atoms with Crippen molar-refractivity contribution in [2.45, 2.75) is 19.5 Å². The Labute approximate surface area is 178 Å². The Balaban J connectivity index is 1.82. The second-order valence-electron chi connectivity index (χ2n) is 7.05. The van der Waals surface area contributed by atoms with E-state index in [1.54, 1.807) is 25.1 Å². The van der Waals surface area contributed by atoms with Gasteiger partial charge in [-0.1, -0.05) is 36.4 Å². The number of amides is 1. The predicted octanol–water partition coefficient (Wildman–Crippen LogP) is 4.16. The Morgan fingerprint density at radius 1 is 1.10 bits per heavy atom. The van der Waals surface area contributed by atoms with Crippen LogP contribution in [0.3, 0.4) is 0 Å². The lowest BCUT2D eigenvalue weighted by molar-refractivity contribution is -0.130. The highest BCUT2D eigenvalue weighted by molar-refractivity contribution is 6.15. The highest BCUT2D eigenvalue weighted by Gasteiger charge is 2.44. The third kappa shape index (κ3) is 3.77. The third-order valence-corrected chi connectivity index (χ3v) is 5.09. The van der Waals surface area contributed by atoms with E-state index in [4.69, 9.17) is 9.15 Å². The summed E-state index contributed by atoms with van der Waals surface area (Å²) in [6.45, 7) is 2.28. The molecule has 4 rings (SSSR count). The number of carbonyl (C=O) groups is 2. The molecule has 1 aliphatic heterocycles. The van der Waals surface area contributed by atoms with Crippen molar-refractivity contribution in [1.29, 1.82) is 0 Å². The van der Waals surface area contributed by atoms with Gasteiger partial charge in [-0.25, -0.2) is 0 Å². The van der Waals surface area contributed by atoms with Crippen LogP contribution in [0.1, 0.15) is 34.6 Å². The molecule has 7 nitrogen and oxygen atoms in total. The standard InChI is InChI=1S/C24H21NO6/c1-2-30-19-13-16(10-11-17(19)26)21-20(22(27)18-9-6-12-31-18)23(28)24(29)25(21)14-15-7-4-3-5-8-15/h3-13,21,26,28H,2,14H2,1H3/t21-/m1/s1. The number of benzene rings is 2. The van der Waals surface area contributed by atoms with Gasteiger partial charge in [0.25, 0.3) is 5.91 Å². The number of aromatic hydroxyl groups is 1. The molecule has 3 aromatic rings. The first-order valence-electron chi connectivity index (χ1n) is 9.83. The third-order valence-electron chi connectivity index (χ3n) is 5.09. The van der Waals surface area contributed by atoms with Crippen molar-refractivity contribution in [3.8, 4) is 11.5 Å². The van der Waals surface area contributed by atoms with E-state index in [9.17, 15) is 19.8 Å². The molecule has 0 radical (unpaired) electrons. The number of hydrogen-bond donors (Lipinski definition) is 2. The van der Waals surface area contributed by atoms with Gasteiger partial charge in [-0.2, -0.15) is 0 Å². The van der Waals surface area contributed by atoms with Gasteiger partial charge in [0.05, 0.1) is 24.5 Å². The summed E-state index contributed by atoms with van der Waals surface area (Å²) in [4.78, 5) is 27.6. The van der Waals surface area contributed by atoms with Gasteiger partial charge in [0.15, 0.2) is 23.0 Å². The van der Waals surface area contributed by atoms with Gasteiger partial charge < -0.3 is 24.3 Å². The van der Waals surface area contributed by atoms with Crippen LogP contribution >= 0.6 is 0 Å². The van der Waals surface area contributed by atoms with Gasteiger partial charge in [-0.05, 0) is 42.3 Å². The minimum Gasteiger partial charge on any atom is -0.504 e. The van der Waals surface area contributed by atoms with E-state index in [0.29, 0.717) is 12.2 Å². The van der Waals surface area contributed by atoms with Crippen molar-refractivity contribution in [3.05, 3.63) is 95.1 Å². The fourth-order valence-electron chi connectivity index (χ4n) is 3.69. The second-order valence-corrected chi connectivity index (χ2v) is 7.05. The molecular weight excluding hydrogens is 398 g/mol. The maximum Gasteiger partial charge on any atom is 0.290 e. The zero-order valence-corrected chi connectivity index (χ0v) is 16.8. The molecule has 0 spiro atoms. The first kappa shape index (κ1) is 20.3. The molecule has 0 fully saturated rings. The Morgan fingerprint density at radius 2 is 1.87 bits per heavy atom. The first-order chi connectivity index (χ1) is 15.0. The Kier molecular flexibility index (Phi) is 5.49. The largest absolute Gasteiger partial charge is 0.504 e. The molecule has 0 unspecified atom stereocenters. The van der Waals surface area contributed by atoms with E-state index >= 15 is 0 Å². The van der Waals surface area contributed by atoms with Crippen LogP contribution in [0.2, 0.25) is 0 Å². The summed E-state index contributed by atoms with van der Waals surface area (Å²) in [5.41, 5.74) is 1.28. The number of phenolic OH excluding ortho intramolecular Hbond substituents is 1. The number of nitrogens with zero attached hydrogens (tertiary/aromatic N) is 1. The topological polar surface area (TPSA) is 100 Å². The molecular formula is C24H21NO6. The quantitative estimate of drug-likeness (QED) is 0.558. The molecule has 0 saturated heterocycles. The lowest BCUT2D eigenvalue weighted by atomic mass is 9.94. The number of ether oxygens (including phenoxy) is 1. The first-order valence-corrected chi connectivity index (χ1v) is 9.83. The molecule has 2 heterocycles. The number of rotatable bonds is 7. The normalized spacial score (nSPS) is 16.1. The zero-order chi connectivity index (χ0) is 22.0. The van der Waals surface area contributed by atoms with Gasteiger partial charge in [0.2, 0.25) is 5.78 Å². The molecule has 7 heteroatoms. The molecule has 2 aromatic carbocycles. The second kappa shape index (κ2) is 8.39. The van der Waals surface area contributed by atoms with Crippen LogP contribution in [0, 0.1) is 0 Å². The number of phenols is 1. The summed E-state index contributed by atoms with van der Waals surface area (Å²) in [5.74, 6) is -1.67.